The van der Waals surface area contributed by atoms with Gasteiger partial charge < -0.3 is 24.4 Å². The van der Waals surface area contributed by atoms with Crippen molar-refractivity contribution in [2.24, 2.45) is 0 Å². The van der Waals surface area contributed by atoms with Crippen LogP contribution >= 0.6 is 12.2 Å². The molecule has 0 aromatic heterocycles. The monoisotopic (exact) mass is 350 g/mol. The van der Waals surface area contributed by atoms with Crippen LogP contribution in [-0.4, -0.2) is 43.9 Å². The minimum absolute atomic E-state index is 0.297. The number of hydrogen-bond acceptors (Lipinski definition) is 5. The van der Waals surface area contributed by atoms with E-state index in [2.05, 4.69) is 5.32 Å². The summed E-state index contributed by atoms with van der Waals surface area (Å²) in [5, 5.41) is 3.71. The summed E-state index contributed by atoms with van der Waals surface area (Å²) in [5.41, 5.74) is 2.00. The average Bonchev–Trinajstić information content (AvgIpc) is 2.58. The number of nitrogens with zero attached hydrogens (tertiary/aromatic N) is 1. The Bertz CT molecular complexity index is 687. The van der Waals surface area contributed by atoms with Crippen LogP contribution in [0.2, 0.25) is 0 Å². The Morgan fingerprint density at radius 1 is 1.33 bits per heavy atom. The van der Waals surface area contributed by atoms with Crippen molar-refractivity contribution in [2.45, 2.75) is 19.9 Å². The maximum Gasteiger partial charge on any atom is 0.338 e. The van der Waals surface area contributed by atoms with Gasteiger partial charge in [-0.05, 0) is 32.1 Å². The first-order valence-corrected chi connectivity index (χ1v) is 8.00. The average molecular weight is 350 g/mol. The number of esters is 1. The van der Waals surface area contributed by atoms with E-state index in [1.807, 2.05) is 26.1 Å². The summed E-state index contributed by atoms with van der Waals surface area (Å²) in [6.07, 6.45) is 0. The Morgan fingerprint density at radius 2 is 2.04 bits per heavy atom. The minimum atomic E-state index is -0.474. The zero-order chi connectivity index (χ0) is 17.9. The van der Waals surface area contributed by atoms with E-state index >= 15 is 0 Å². The quantitative estimate of drug-likeness (QED) is 0.646. The molecule has 0 saturated carbocycles. The molecule has 0 amide bonds. The fraction of sp³-hybridized carbons (Fsp3) is 0.412. The zero-order valence-corrected chi connectivity index (χ0v) is 15.3. The van der Waals surface area contributed by atoms with Crippen molar-refractivity contribution in [1.29, 1.82) is 0 Å². The van der Waals surface area contributed by atoms with Gasteiger partial charge in [0, 0.05) is 18.3 Å². The van der Waals surface area contributed by atoms with Crippen molar-refractivity contribution in [2.75, 3.05) is 27.9 Å². The van der Waals surface area contributed by atoms with E-state index in [1.165, 1.54) is 0 Å². The topological polar surface area (TPSA) is 60.0 Å². The van der Waals surface area contributed by atoms with Crippen LogP contribution < -0.4 is 14.8 Å². The van der Waals surface area contributed by atoms with Gasteiger partial charge in [-0.25, -0.2) is 4.79 Å². The molecule has 0 saturated heterocycles. The van der Waals surface area contributed by atoms with E-state index < -0.39 is 6.04 Å². The summed E-state index contributed by atoms with van der Waals surface area (Å²) in [7, 11) is 4.94. The molecule has 1 aliphatic rings. The number of allylic oxidation sites excluding steroid dienone is 1. The first-order chi connectivity index (χ1) is 11.5. The van der Waals surface area contributed by atoms with Crippen molar-refractivity contribution in [1.82, 2.24) is 10.2 Å². The molecule has 0 aliphatic carbocycles. The predicted molar refractivity (Wildman–Crippen MR) is 95.1 cm³/mol. The summed E-state index contributed by atoms with van der Waals surface area (Å²) in [4.78, 5) is 14.3. The molecule has 1 heterocycles. The van der Waals surface area contributed by atoms with E-state index in [0.29, 0.717) is 28.8 Å². The van der Waals surface area contributed by atoms with Gasteiger partial charge in [0.05, 0.1) is 32.4 Å². The van der Waals surface area contributed by atoms with Gasteiger partial charge in [0.2, 0.25) is 0 Å². The highest BCUT2D eigenvalue weighted by Gasteiger charge is 2.35. The highest BCUT2D eigenvalue weighted by atomic mass is 32.1. The summed E-state index contributed by atoms with van der Waals surface area (Å²) in [5.74, 6) is 0.758. The largest absolute Gasteiger partial charge is 0.493 e. The molecule has 1 aromatic carbocycles. The highest BCUT2D eigenvalue weighted by Crippen LogP contribution is 2.40. The minimum Gasteiger partial charge on any atom is -0.493 e. The van der Waals surface area contributed by atoms with Gasteiger partial charge in [0.25, 0.3) is 0 Å². The molecule has 6 nitrogen and oxygen atoms in total. The van der Waals surface area contributed by atoms with Crippen molar-refractivity contribution in [3.05, 3.63) is 35.0 Å². The molecule has 1 aromatic rings. The molecule has 1 unspecified atom stereocenters. The van der Waals surface area contributed by atoms with Crippen LogP contribution in [0.15, 0.2) is 29.5 Å². The van der Waals surface area contributed by atoms with Gasteiger partial charge in [-0.1, -0.05) is 12.1 Å². The number of rotatable bonds is 5. The number of methoxy groups -OCH3 is 2. The summed E-state index contributed by atoms with van der Waals surface area (Å²) >= 11 is 5.38. The molecular formula is C17H22N2O4S. The second kappa shape index (κ2) is 7.53. The Labute approximate surface area is 147 Å². The molecule has 0 bridgehead atoms. The van der Waals surface area contributed by atoms with Crippen molar-refractivity contribution in [3.8, 4) is 11.5 Å². The number of thiocarbonyl (C=S) groups is 1. The molecule has 1 aliphatic heterocycles. The molecule has 1 atom stereocenters. The number of nitrogens with one attached hydrogen (secondary N) is 1. The molecule has 1 N–H and O–H groups in total. The van der Waals surface area contributed by atoms with Crippen LogP contribution in [-0.2, 0) is 9.53 Å². The maximum absolute atomic E-state index is 12.5. The van der Waals surface area contributed by atoms with Crippen LogP contribution in [0.25, 0.3) is 0 Å². The second-order valence-corrected chi connectivity index (χ2v) is 5.63. The zero-order valence-electron chi connectivity index (χ0n) is 14.5. The van der Waals surface area contributed by atoms with E-state index in [0.717, 1.165) is 11.3 Å². The molecule has 7 heteroatoms. The van der Waals surface area contributed by atoms with Crippen molar-refractivity contribution >= 4 is 23.3 Å². The number of ether oxygens (including phenoxy) is 3. The lowest BCUT2D eigenvalue weighted by atomic mass is 9.94. The first-order valence-electron chi connectivity index (χ1n) is 7.59. The van der Waals surface area contributed by atoms with Crippen LogP contribution in [0.5, 0.6) is 11.5 Å². The lowest BCUT2D eigenvalue weighted by molar-refractivity contribution is -0.139. The van der Waals surface area contributed by atoms with Gasteiger partial charge in [-0.3, -0.25) is 0 Å². The normalized spacial score (nSPS) is 17.5. The SMILES string of the molecule is CCOC(=O)C1=C(C)N(C)C(=S)NC1c1cccc(OC)c1OC. The Morgan fingerprint density at radius 3 is 2.62 bits per heavy atom. The first kappa shape index (κ1) is 18.1. The van der Waals surface area contributed by atoms with E-state index in [4.69, 9.17) is 26.4 Å². The number of hydrogen-bond donors (Lipinski definition) is 1. The van der Waals surface area contributed by atoms with Gasteiger partial charge in [-0.2, -0.15) is 0 Å². The molecule has 130 valence electrons. The predicted octanol–water partition coefficient (Wildman–Crippen LogP) is 2.40. The number of carbonyl (C=O) groups is 1. The third kappa shape index (κ3) is 3.17. The van der Waals surface area contributed by atoms with Crippen molar-refractivity contribution < 1.29 is 19.0 Å². The van der Waals surface area contributed by atoms with Crippen LogP contribution in [0, 0.1) is 0 Å². The molecule has 0 radical (unpaired) electrons. The lowest BCUT2D eigenvalue weighted by Crippen LogP contribution is -2.46. The summed E-state index contributed by atoms with van der Waals surface area (Å²) in [6, 6.07) is 5.05. The highest BCUT2D eigenvalue weighted by molar-refractivity contribution is 7.80. The molecular weight excluding hydrogens is 328 g/mol. The van der Waals surface area contributed by atoms with Gasteiger partial charge in [-0.15, -0.1) is 0 Å². The Hall–Kier alpha value is -2.28. The second-order valence-electron chi connectivity index (χ2n) is 5.24. The fourth-order valence-corrected chi connectivity index (χ4v) is 2.94. The fourth-order valence-electron chi connectivity index (χ4n) is 2.68. The third-order valence-corrected chi connectivity index (χ3v) is 4.39. The Balaban J connectivity index is 2.62. The van der Waals surface area contributed by atoms with E-state index in [1.54, 1.807) is 32.1 Å². The maximum atomic E-state index is 12.5. The molecule has 2 rings (SSSR count). The molecule has 0 spiro atoms. The van der Waals surface area contributed by atoms with Gasteiger partial charge in [0.1, 0.15) is 0 Å². The Kier molecular flexibility index (Phi) is 5.66. The van der Waals surface area contributed by atoms with E-state index in [-0.39, 0.29) is 5.97 Å². The molecule has 0 fully saturated rings. The van der Waals surface area contributed by atoms with Crippen LogP contribution in [0.3, 0.4) is 0 Å². The summed E-state index contributed by atoms with van der Waals surface area (Å²) < 4.78 is 16.1. The lowest BCUT2D eigenvalue weighted by Gasteiger charge is -2.35. The molecule has 24 heavy (non-hydrogen) atoms. The third-order valence-electron chi connectivity index (χ3n) is 3.99. The van der Waals surface area contributed by atoms with Crippen LogP contribution in [0.4, 0.5) is 0 Å². The van der Waals surface area contributed by atoms with Crippen LogP contribution in [0.1, 0.15) is 25.5 Å². The van der Waals surface area contributed by atoms with E-state index in [9.17, 15) is 4.79 Å². The number of benzene rings is 1. The smallest absolute Gasteiger partial charge is 0.338 e. The standard InChI is InChI=1S/C17H22N2O4S/c1-6-23-16(20)13-10(2)19(3)17(24)18-14(13)11-8-7-9-12(21-4)15(11)22-5/h7-9,14H,6H2,1-5H3,(H,18,24). The van der Waals surface area contributed by atoms with Gasteiger partial charge in [0.15, 0.2) is 16.6 Å². The number of carbonyl (C=O) groups excluding carboxylic acids is 1. The van der Waals surface area contributed by atoms with Gasteiger partial charge >= 0.3 is 5.97 Å². The summed E-state index contributed by atoms with van der Waals surface area (Å²) in [6.45, 7) is 3.92. The number of para-hydroxylation sites is 1. The van der Waals surface area contributed by atoms with Crippen molar-refractivity contribution in [3.63, 3.8) is 0 Å².